The molecule has 4 heterocycles. The fraction of sp³-hybridized carbons (Fsp3) is 0.714. The van der Waals surface area contributed by atoms with Gasteiger partial charge in [-0.05, 0) is 50.8 Å². The quantitative estimate of drug-likeness (QED) is 0.809. The van der Waals surface area contributed by atoms with Crippen molar-refractivity contribution in [3.63, 3.8) is 0 Å². The number of hydrogen-bond donors (Lipinski definition) is 0. The van der Waals surface area contributed by atoms with Gasteiger partial charge in [-0.1, -0.05) is 6.07 Å². The van der Waals surface area contributed by atoms with Crippen LogP contribution in [0.5, 0.6) is 0 Å². The lowest BCUT2D eigenvalue weighted by molar-refractivity contribution is -0.143. The van der Waals surface area contributed by atoms with Gasteiger partial charge in [0.25, 0.3) is 0 Å². The Bertz CT molecular complexity index is 625. The molecule has 0 saturated carbocycles. The average molecular weight is 373 g/mol. The van der Waals surface area contributed by atoms with E-state index in [4.69, 9.17) is 9.47 Å². The number of aromatic nitrogens is 1. The lowest BCUT2D eigenvalue weighted by atomic mass is 9.86. The number of carbonyl (C=O) groups excluding carboxylic acids is 1. The predicted octanol–water partition coefficient (Wildman–Crippen LogP) is 2.09. The lowest BCUT2D eigenvalue weighted by Gasteiger charge is -2.40. The number of ether oxygens (including phenoxy) is 2. The third kappa shape index (κ3) is 4.33. The average Bonchev–Trinajstić information content (AvgIpc) is 3.13. The Morgan fingerprint density at radius 2 is 2.11 bits per heavy atom. The SMILES string of the molecule is CN(Cc1cccnc1)C1COC2(CCN(C(=O)C3CCOCC3)CC2)C1. The Balaban J connectivity index is 1.28. The second-order valence-corrected chi connectivity index (χ2v) is 8.34. The number of amides is 1. The topological polar surface area (TPSA) is 54.9 Å². The van der Waals surface area contributed by atoms with Crippen molar-refractivity contribution in [3.8, 4) is 0 Å². The zero-order valence-electron chi connectivity index (χ0n) is 16.3. The van der Waals surface area contributed by atoms with E-state index in [-0.39, 0.29) is 11.5 Å². The third-order valence-electron chi connectivity index (χ3n) is 6.52. The molecule has 27 heavy (non-hydrogen) atoms. The molecule has 1 spiro atoms. The molecule has 0 aromatic carbocycles. The van der Waals surface area contributed by atoms with Gasteiger partial charge in [0.15, 0.2) is 0 Å². The molecule has 6 heteroatoms. The van der Waals surface area contributed by atoms with Crippen molar-refractivity contribution in [2.45, 2.75) is 50.3 Å². The zero-order chi connectivity index (χ0) is 18.7. The van der Waals surface area contributed by atoms with Gasteiger partial charge in [-0.2, -0.15) is 0 Å². The minimum Gasteiger partial charge on any atom is -0.381 e. The summed E-state index contributed by atoms with van der Waals surface area (Å²) in [6, 6.07) is 4.54. The largest absolute Gasteiger partial charge is 0.381 e. The number of rotatable bonds is 4. The summed E-state index contributed by atoms with van der Waals surface area (Å²) in [6.45, 7) is 4.78. The molecule has 3 aliphatic heterocycles. The van der Waals surface area contributed by atoms with Crippen LogP contribution in [0.4, 0.5) is 0 Å². The third-order valence-corrected chi connectivity index (χ3v) is 6.52. The van der Waals surface area contributed by atoms with E-state index in [1.54, 1.807) is 0 Å². The maximum absolute atomic E-state index is 12.7. The second kappa shape index (κ2) is 8.25. The van der Waals surface area contributed by atoms with Gasteiger partial charge in [0.2, 0.25) is 5.91 Å². The first-order valence-electron chi connectivity index (χ1n) is 10.2. The molecule has 1 amide bonds. The predicted molar refractivity (Wildman–Crippen MR) is 102 cm³/mol. The molecule has 1 aromatic heterocycles. The number of carbonyl (C=O) groups is 1. The van der Waals surface area contributed by atoms with Gasteiger partial charge >= 0.3 is 0 Å². The lowest BCUT2D eigenvalue weighted by Crippen LogP contribution is -2.49. The van der Waals surface area contributed by atoms with Crippen molar-refractivity contribution in [1.82, 2.24) is 14.8 Å². The first kappa shape index (κ1) is 18.8. The zero-order valence-corrected chi connectivity index (χ0v) is 16.3. The summed E-state index contributed by atoms with van der Waals surface area (Å²) >= 11 is 0. The molecule has 4 rings (SSSR count). The van der Waals surface area contributed by atoms with Crippen LogP contribution in [0.1, 0.15) is 37.7 Å². The van der Waals surface area contributed by atoms with E-state index in [0.717, 1.165) is 71.6 Å². The minimum atomic E-state index is -0.0413. The van der Waals surface area contributed by atoms with Crippen LogP contribution in [0.3, 0.4) is 0 Å². The Hall–Kier alpha value is -1.50. The molecule has 6 nitrogen and oxygen atoms in total. The van der Waals surface area contributed by atoms with Crippen molar-refractivity contribution < 1.29 is 14.3 Å². The highest BCUT2D eigenvalue weighted by molar-refractivity contribution is 5.79. The number of pyridine rings is 1. The summed E-state index contributed by atoms with van der Waals surface area (Å²) < 4.78 is 11.7. The molecule has 148 valence electrons. The molecule has 3 fully saturated rings. The summed E-state index contributed by atoms with van der Waals surface area (Å²) in [4.78, 5) is 21.4. The smallest absolute Gasteiger partial charge is 0.225 e. The van der Waals surface area contributed by atoms with Gasteiger partial charge in [0.05, 0.1) is 12.2 Å². The van der Waals surface area contributed by atoms with Crippen LogP contribution in [0.2, 0.25) is 0 Å². The van der Waals surface area contributed by atoms with Crippen LogP contribution in [0.15, 0.2) is 24.5 Å². The molecule has 0 bridgehead atoms. The van der Waals surface area contributed by atoms with Crippen molar-refractivity contribution in [1.29, 1.82) is 0 Å². The molecule has 1 aromatic rings. The molecular formula is C21H31N3O3. The first-order valence-corrected chi connectivity index (χ1v) is 10.2. The van der Waals surface area contributed by atoms with E-state index in [1.165, 1.54) is 5.56 Å². The van der Waals surface area contributed by atoms with Gasteiger partial charge in [0.1, 0.15) is 0 Å². The molecule has 3 saturated heterocycles. The first-order chi connectivity index (χ1) is 13.2. The highest BCUT2D eigenvalue weighted by Crippen LogP contribution is 2.38. The number of nitrogens with zero attached hydrogens (tertiary/aromatic N) is 3. The number of hydrogen-bond acceptors (Lipinski definition) is 5. The van der Waals surface area contributed by atoms with E-state index in [9.17, 15) is 4.79 Å². The van der Waals surface area contributed by atoms with E-state index in [2.05, 4.69) is 27.9 Å². The van der Waals surface area contributed by atoms with Gasteiger partial charge in [-0.3, -0.25) is 14.7 Å². The van der Waals surface area contributed by atoms with Gasteiger partial charge in [-0.15, -0.1) is 0 Å². The standard InChI is InChI=1S/C21H31N3O3/c1-23(15-17-3-2-8-22-14-17)19-13-21(27-16-19)6-9-24(10-7-21)20(25)18-4-11-26-12-5-18/h2-3,8,14,18-19H,4-7,9-13,15-16H2,1H3. The summed E-state index contributed by atoms with van der Waals surface area (Å²) in [7, 11) is 2.17. The molecule has 3 aliphatic rings. The fourth-order valence-corrected chi connectivity index (χ4v) is 4.70. The Kier molecular flexibility index (Phi) is 5.76. The number of likely N-dealkylation sites (tertiary alicyclic amines) is 1. The number of likely N-dealkylation sites (N-methyl/N-ethyl adjacent to an activating group) is 1. The van der Waals surface area contributed by atoms with Gasteiger partial charge in [-0.25, -0.2) is 0 Å². The van der Waals surface area contributed by atoms with Crippen molar-refractivity contribution >= 4 is 5.91 Å². The van der Waals surface area contributed by atoms with E-state index in [0.29, 0.717) is 11.9 Å². The molecule has 0 N–H and O–H groups in total. The van der Waals surface area contributed by atoms with E-state index in [1.807, 2.05) is 18.5 Å². The highest BCUT2D eigenvalue weighted by Gasteiger charge is 2.45. The summed E-state index contributed by atoms with van der Waals surface area (Å²) in [6.07, 6.45) is 8.47. The molecule has 0 radical (unpaired) electrons. The van der Waals surface area contributed by atoms with E-state index >= 15 is 0 Å². The molecule has 1 atom stereocenters. The fourth-order valence-electron chi connectivity index (χ4n) is 4.70. The second-order valence-electron chi connectivity index (χ2n) is 8.34. The van der Waals surface area contributed by atoms with Crippen molar-refractivity contribution in [2.75, 3.05) is 40.0 Å². The molecular weight excluding hydrogens is 342 g/mol. The maximum atomic E-state index is 12.7. The van der Waals surface area contributed by atoms with Crippen LogP contribution in [0.25, 0.3) is 0 Å². The minimum absolute atomic E-state index is 0.0413. The summed E-state index contributed by atoms with van der Waals surface area (Å²) in [5.41, 5.74) is 1.19. The van der Waals surface area contributed by atoms with Gasteiger partial charge < -0.3 is 14.4 Å². The van der Waals surface area contributed by atoms with Crippen molar-refractivity contribution in [3.05, 3.63) is 30.1 Å². The highest BCUT2D eigenvalue weighted by atomic mass is 16.5. The van der Waals surface area contributed by atoms with Crippen LogP contribution in [0, 0.1) is 5.92 Å². The Labute approximate surface area is 161 Å². The summed E-state index contributed by atoms with van der Waals surface area (Å²) in [5, 5.41) is 0. The van der Waals surface area contributed by atoms with Crippen LogP contribution in [-0.4, -0.2) is 72.3 Å². The summed E-state index contributed by atoms with van der Waals surface area (Å²) in [5.74, 6) is 0.493. The van der Waals surface area contributed by atoms with Crippen LogP contribution < -0.4 is 0 Å². The monoisotopic (exact) mass is 373 g/mol. The Morgan fingerprint density at radius 3 is 2.81 bits per heavy atom. The van der Waals surface area contributed by atoms with Gasteiger partial charge in [0, 0.05) is 57.2 Å². The molecule has 1 unspecified atom stereocenters. The maximum Gasteiger partial charge on any atom is 0.225 e. The normalized spacial score (nSPS) is 26.0. The van der Waals surface area contributed by atoms with Crippen LogP contribution in [-0.2, 0) is 20.8 Å². The van der Waals surface area contributed by atoms with E-state index < -0.39 is 0 Å². The molecule has 0 aliphatic carbocycles. The van der Waals surface area contributed by atoms with Crippen LogP contribution >= 0.6 is 0 Å². The van der Waals surface area contributed by atoms with Crippen molar-refractivity contribution in [2.24, 2.45) is 5.92 Å². The number of piperidine rings is 1. The Morgan fingerprint density at radius 1 is 1.33 bits per heavy atom.